The third-order valence-corrected chi connectivity index (χ3v) is 6.04. The summed E-state index contributed by atoms with van der Waals surface area (Å²) in [5, 5.41) is 3.97. The Kier molecular flexibility index (Phi) is 5.49. The molecule has 0 bridgehead atoms. The number of amides is 1. The number of hydrogen-bond donors (Lipinski definition) is 1. The molecule has 7 heteroatoms. The summed E-state index contributed by atoms with van der Waals surface area (Å²) < 4.78 is 0. The first-order valence-corrected chi connectivity index (χ1v) is 10.7. The second kappa shape index (κ2) is 8.21. The molecule has 1 amide bonds. The summed E-state index contributed by atoms with van der Waals surface area (Å²) >= 11 is 1.59. The molecule has 3 heterocycles. The second-order valence-corrected chi connectivity index (χ2v) is 8.32. The molecule has 1 aliphatic rings. The second-order valence-electron chi connectivity index (χ2n) is 7.54. The van der Waals surface area contributed by atoms with Crippen LogP contribution in [0.5, 0.6) is 0 Å². The molecule has 2 aromatic heterocycles. The Labute approximate surface area is 173 Å². The first-order chi connectivity index (χ1) is 14.0. The first-order valence-electron chi connectivity index (χ1n) is 9.72. The molecule has 0 saturated carbocycles. The monoisotopic (exact) mass is 408 g/mol. The largest absolute Gasteiger partial charge is 0.378 e. The van der Waals surface area contributed by atoms with E-state index in [9.17, 15) is 9.59 Å². The van der Waals surface area contributed by atoms with E-state index in [1.165, 1.54) is 0 Å². The van der Waals surface area contributed by atoms with Crippen molar-refractivity contribution in [3.8, 4) is 11.3 Å². The Hall–Kier alpha value is -2.93. The van der Waals surface area contributed by atoms with Gasteiger partial charge in [-0.25, -0.2) is 4.98 Å². The van der Waals surface area contributed by atoms with Gasteiger partial charge in [0, 0.05) is 61.4 Å². The van der Waals surface area contributed by atoms with Crippen molar-refractivity contribution in [3.05, 3.63) is 68.9 Å². The highest BCUT2D eigenvalue weighted by molar-refractivity contribution is 7.08. The van der Waals surface area contributed by atoms with Crippen LogP contribution in [-0.4, -0.2) is 48.0 Å². The number of carbonyl (C=O) groups excluding carboxylic acids is 1. The van der Waals surface area contributed by atoms with Crippen molar-refractivity contribution in [2.24, 2.45) is 0 Å². The molecule has 4 rings (SSSR count). The first kappa shape index (κ1) is 19.4. The van der Waals surface area contributed by atoms with Crippen molar-refractivity contribution in [3.63, 3.8) is 0 Å². The number of hydrogen-bond acceptors (Lipinski definition) is 5. The lowest BCUT2D eigenvalue weighted by molar-refractivity contribution is 0.0711. The molecule has 0 radical (unpaired) electrons. The molecule has 150 valence electrons. The smallest absolute Gasteiger partial charge is 0.253 e. The van der Waals surface area contributed by atoms with Crippen molar-refractivity contribution < 1.29 is 4.79 Å². The lowest BCUT2D eigenvalue weighted by atomic mass is 9.95. The van der Waals surface area contributed by atoms with E-state index >= 15 is 0 Å². The number of piperidine rings is 1. The predicted molar refractivity (Wildman–Crippen MR) is 117 cm³/mol. The minimum atomic E-state index is -0.129. The molecule has 1 aliphatic heterocycles. The van der Waals surface area contributed by atoms with Gasteiger partial charge in [0.25, 0.3) is 11.5 Å². The number of H-pyrrole nitrogens is 1. The molecule has 1 N–H and O–H groups in total. The minimum Gasteiger partial charge on any atom is -0.378 e. The van der Waals surface area contributed by atoms with E-state index in [0.29, 0.717) is 24.3 Å². The number of aromatic amines is 1. The van der Waals surface area contributed by atoms with Gasteiger partial charge in [-0.15, -0.1) is 0 Å². The molecule has 0 spiro atoms. The van der Waals surface area contributed by atoms with Crippen LogP contribution in [0.15, 0.2) is 52.0 Å². The molecule has 3 aromatic rings. The molecule has 0 unspecified atom stereocenters. The van der Waals surface area contributed by atoms with Crippen LogP contribution in [0.4, 0.5) is 5.69 Å². The summed E-state index contributed by atoms with van der Waals surface area (Å²) in [6, 6.07) is 11.2. The number of anilines is 1. The third kappa shape index (κ3) is 4.24. The van der Waals surface area contributed by atoms with Crippen molar-refractivity contribution in [2.75, 3.05) is 32.1 Å². The zero-order valence-electron chi connectivity index (χ0n) is 16.6. The molecular formula is C22H24N4O2S. The van der Waals surface area contributed by atoms with Crippen molar-refractivity contribution in [2.45, 2.75) is 18.8 Å². The van der Waals surface area contributed by atoms with E-state index in [1.54, 1.807) is 17.4 Å². The van der Waals surface area contributed by atoms with Gasteiger partial charge in [0.05, 0.1) is 5.69 Å². The Balaban J connectivity index is 1.47. The number of benzene rings is 1. The van der Waals surface area contributed by atoms with Crippen molar-refractivity contribution in [1.82, 2.24) is 14.9 Å². The van der Waals surface area contributed by atoms with Crippen LogP contribution >= 0.6 is 11.3 Å². The zero-order valence-corrected chi connectivity index (χ0v) is 17.4. The molecular weight excluding hydrogens is 384 g/mol. The van der Waals surface area contributed by atoms with Gasteiger partial charge in [0.1, 0.15) is 5.82 Å². The van der Waals surface area contributed by atoms with Gasteiger partial charge < -0.3 is 14.8 Å². The van der Waals surface area contributed by atoms with Gasteiger partial charge in [-0.3, -0.25) is 9.59 Å². The third-order valence-electron chi connectivity index (χ3n) is 5.36. The SMILES string of the molecule is CN(C)c1cccc(C(=O)N2CCC(c3nc(-c4ccsc4)cc(=O)[nH]3)CC2)c1. The van der Waals surface area contributed by atoms with Crippen LogP contribution in [-0.2, 0) is 0 Å². The van der Waals surface area contributed by atoms with Crippen LogP contribution in [0.3, 0.4) is 0 Å². The summed E-state index contributed by atoms with van der Waals surface area (Å²) in [7, 11) is 3.93. The average molecular weight is 409 g/mol. The summed E-state index contributed by atoms with van der Waals surface area (Å²) in [6.07, 6.45) is 1.57. The van der Waals surface area contributed by atoms with Crippen LogP contribution in [0.25, 0.3) is 11.3 Å². The summed E-state index contributed by atoms with van der Waals surface area (Å²) in [4.78, 5) is 36.5. The Morgan fingerprint density at radius 2 is 2.00 bits per heavy atom. The van der Waals surface area contributed by atoms with Gasteiger partial charge in [0.2, 0.25) is 0 Å². The van der Waals surface area contributed by atoms with Gasteiger partial charge in [-0.2, -0.15) is 11.3 Å². The lowest BCUT2D eigenvalue weighted by Crippen LogP contribution is -2.38. The fourth-order valence-electron chi connectivity index (χ4n) is 3.68. The van der Waals surface area contributed by atoms with E-state index in [0.717, 1.165) is 29.9 Å². The normalized spacial score (nSPS) is 14.8. The number of nitrogens with one attached hydrogen (secondary N) is 1. The minimum absolute atomic E-state index is 0.0561. The fourth-order valence-corrected chi connectivity index (χ4v) is 4.33. The average Bonchev–Trinajstić information content (AvgIpc) is 3.28. The maximum Gasteiger partial charge on any atom is 0.253 e. The summed E-state index contributed by atoms with van der Waals surface area (Å²) in [6.45, 7) is 1.31. The van der Waals surface area contributed by atoms with Gasteiger partial charge >= 0.3 is 0 Å². The summed E-state index contributed by atoms with van der Waals surface area (Å²) in [5.74, 6) is 0.930. The maximum atomic E-state index is 12.9. The van der Waals surface area contributed by atoms with Crippen LogP contribution in [0.2, 0.25) is 0 Å². The molecule has 1 fully saturated rings. The number of thiophene rings is 1. The van der Waals surface area contributed by atoms with Crippen LogP contribution < -0.4 is 10.5 Å². The van der Waals surface area contributed by atoms with Gasteiger partial charge in [0.15, 0.2) is 0 Å². The van der Waals surface area contributed by atoms with E-state index in [4.69, 9.17) is 4.98 Å². The zero-order chi connectivity index (χ0) is 20.4. The van der Waals surface area contributed by atoms with E-state index in [1.807, 2.05) is 65.0 Å². The van der Waals surface area contributed by atoms with E-state index in [-0.39, 0.29) is 17.4 Å². The highest BCUT2D eigenvalue weighted by Crippen LogP contribution is 2.28. The molecule has 1 aromatic carbocycles. The van der Waals surface area contributed by atoms with Crippen molar-refractivity contribution in [1.29, 1.82) is 0 Å². The molecule has 0 atom stereocenters. The highest BCUT2D eigenvalue weighted by Gasteiger charge is 2.26. The van der Waals surface area contributed by atoms with Gasteiger partial charge in [-0.1, -0.05) is 6.07 Å². The standard InChI is InChI=1S/C22H24N4O2S/c1-25(2)18-5-3-4-16(12-18)22(28)26-9-6-15(7-10-26)21-23-19(13-20(27)24-21)17-8-11-29-14-17/h3-5,8,11-15H,6-7,9-10H2,1-2H3,(H,23,24,27). The summed E-state index contributed by atoms with van der Waals surface area (Å²) in [5.41, 5.74) is 3.27. The Morgan fingerprint density at radius 1 is 1.21 bits per heavy atom. The Bertz CT molecular complexity index is 1050. The van der Waals surface area contributed by atoms with Gasteiger partial charge in [-0.05, 0) is 42.5 Å². The quantitative estimate of drug-likeness (QED) is 0.716. The predicted octanol–water partition coefficient (Wildman–Crippen LogP) is 3.58. The molecule has 29 heavy (non-hydrogen) atoms. The number of carbonyl (C=O) groups is 1. The number of aromatic nitrogens is 2. The molecule has 0 aliphatic carbocycles. The van der Waals surface area contributed by atoms with E-state index in [2.05, 4.69) is 4.98 Å². The van der Waals surface area contributed by atoms with E-state index < -0.39 is 0 Å². The van der Waals surface area contributed by atoms with Crippen LogP contribution in [0.1, 0.15) is 34.9 Å². The van der Waals surface area contributed by atoms with Crippen LogP contribution in [0, 0.1) is 0 Å². The number of likely N-dealkylation sites (tertiary alicyclic amines) is 1. The Morgan fingerprint density at radius 3 is 2.69 bits per heavy atom. The topological polar surface area (TPSA) is 69.3 Å². The number of nitrogens with zero attached hydrogens (tertiary/aromatic N) is 3. The lowest BCUT2D eigenvalue weighted by Gasteiger charge is -2.31. The molecule has 6 nitrogen and oxygen atoms in total. The molecule has 1 saturated heterocycles. The van der Waals surface area contributed by atoms with Crippen molar-refractivity contribution >= 4 is 22.9 Å². The highest BCUT2D eigenvalue weighted by atomic mass is 32.1. The maximum absolute atomic E-state index is 12.9. The number of rotatable bonds is 4. The fraction of sp³-hybridized carbons (Fsp3) is 0.318.